The SMILES string of the molecule is COc1ccc(CCNc2cc(NC(C)(C)C)nc(C)n2)cc1OC. The molecule has 0 aliphatic carbocycles. The fraction of sp³-hybridized carbons (Fsp3) is 0.474. The number of aromatic nitrogens is 2. The van der Waals surface area contributed by atoms with Gasteiger partial charge in [-0.05, 0) is 51.8 Å². The van der Waals surface area contributed by atoms with E-state index in [4.69, 9.17) is 9.47 Å². The summed E-state index contributed by atoms with van der Waals surface area (Å²) < 4.78 is 10.6. The summed E-state index contributed by atoms with van der Waals surface area (Å²) in [6.45, 7) is 8.98. The molecule has 0 saturated carbocycles. The molecule has 0 bridgehead atoms. The van der Waals surface area contributed by atoms with Crippen LogP contribution in [0.1, 0.15) is 32.2 Å². The molecule has 0 aliphatic rings. The first-order chi connectivity index (χ1) is 11.8. The van der Waals surface area contributed by atoms with Crippen LogP contribution in [0, 0.1) is 6.92 Å². The van der Waals surface area contributed by atoms with Crippen LogP contribution < -0.4 is 20.1 Å². The number of nitrogens with one attached hydrogen (secondary N) is 2. The van der Waals surface area contributed by atoms with Gasteiger partial charge in [0.1, 0.15) is 17.5 Å². The molecule has 6 nitrogen and oxygen atoms in total. The lowest BCUT2D eigenvalue weighted by Crippen LogP contribution is -2.27. The molecule has 2 aromatic rings. The maximum Gasteiger partial charge on any atom is 0.160 e. The van der Waals surface area contributed by atoms with E-state index >= 15 is 0 Å². The molecule has 25 heavy (non-hydrogen) atoms. The molecule has 0 atom stereocenters. The fourth-order valence-corrected chi connectivity index (χ4v) is 2.48. The highest BCUT2D eigenvalue weighted by atomic mass is 16.5. The number of hydrogen-bond donors (Lipinski definition) is 2. The van der Waals surface area contributed by atoms with E-state index in [1.54, 1.807) is 14.2 Å². The topological polar surface area (TPSA) is 68.3 Å². The molecule has 0 fully saturated rings. The van der Waals surface area contributed by atoms with Crippen LogP contribution in [0.5, 0.6) is 11.5 Å². The van der Waals surface area contributed by atoms with Crippen molar-refractivity contribution >= 4 is 11.6 Å². The lowest BCUT2D eigenvalue weighted by Gasteiger charge is -2.21. The van der Waals surface area contributed by atoms with Gasteiger partial charge in [-0.25, -0.2) is 9.97 Å². The van der Waals surface area contributed by atoms with Gasteiger partial charge in [-0.3, -0.25) is 0 Å². The van der Waals surface area contributed by atoms with E-state index in [1.807, 2.05) is 31.2 Å². The molecule has 0 radical (unpaired) electrons. The molecular weight excluding hydrogens is 316 g/mol. The lowest BCUT2D eigenvalue weighted by molar-refractivity contribution is 0.354. The number of benzene rings is 1. The van der Waals surface area contributed by atoms with Crippen LogP contribution in [-0.2, 0) is 6.42 Å². The van der Waals surface area contributed by atoms with Gasteiger partial charge >= 0.3 is 0 Å². The second-order valence-corrected chi connectivity index (χ2v) is 6.93. The quantitative estimate of drug-likeness (QED) is 0.799. The van der Waals surface area contributed by atoms with Crippen molar-refractivity contribution in [3.05, 3.63) is 35.7 Å². The minimum Gasteiger partial charge on any atom is -0.493 e. The monoisotopic (exact) mass is 344 g/mol. The minimum atomic E-state index is -0.0439. The largest absolute Gasteiger partial charge is 0.493 e. The van der Waals surface area contributed by atoms with E-state index in [0.717, 1.165) is 41.9 Å². The first-order valence-electron chi connectivity index (χ1n) is 8.39. The molecule has 0 unspecified atom stereocenters. The van der Waals surface area contributed by atoms with Crippen LogP contribution in [-0.4, -0.2) is 36.3 Å². The van der Waals surface area contributed by atoms with Crippen molar-refractivity contribution in [3.8, 4) is 11.5 Å². The molecule has 0 amide bonds. The van der Waals surface area contributed by atoms with Gasteiger partial charge in [0.05, 0.1) is 14.2 Å². The second kappa shape index (κ2) is 8.05. The van der Waals surface area contributed by atoms with E-state index in [1.165, 1.54) is 5.56 Å². The van der Waals surface area contributed by atoms with Gasteiger partial charge in [0.2, 0.25) is 0 Å². The Labute approximate surface area is 150 Å². The van der Waals surface area contributed by atoms with Crippen molar-refractivity contribution in [2.75, 3.05) is 31.4 Å². The normalized spacial score (nSPS) is 11.1. The molecule has 0 spiro atoms. The molecule has 0 aliphatic heterocycles. The number of hydrogen-bond acceptors (Lipinski definition) is 6. The van der Waals surface area contributed by atoms with Crippen LogP contribution in [0.15, 0.2) is 24.3 Å². The molecule has 6 heteroatoms. The van der Waals surface area contributed by atoms with Crippen LogP contribution in [0.3, 0.4) is 0 Å². The predicted octanol–water partition coefficient (Wildman–Crippen LogP) is 3.67. The molecule has 2 N–H and O–H groups in total. The standard InChI is InChI=1S/C19H28N4O2/c1-13-21-17(12-18(22-13)23-19(2,3)4)20-10-9-14-7-8-15(24-5)16(11-14)25-6/h7-8,11-12H,9-10H2,1-6H3,(H2,20,21,22,23). The maximum atomic E-state index is 5.35. The Morgan fingerprint density at radius 3 is 2.28 bits per heavy atom. The van der Waals surface area contributed by atoms with Gasteiger partial charge in [-0.2, -0.15) is 0 Å². The number of nitrogens with zero attached hydrogens (tertiary/aromatic N) is 2. The highest BCUT2D eigenvalue weighted by Crippen LogP contribution is 2.27. The van der Waals surface area contributed by atoms with Crippen molar-refractivity contribution in [1.29, 1.82) is 0 Å². The van der Waals surface area contributed by atoms with E-state index in [9.17, 15) is 0 Å². The van der Waals surface area contributed by atoms with Gasteiger partial charge < -0.3 is 20.1 Å². The van der Waals surface area contributed by atoms with E-state index in [2.05, 4.69) is 41.4 Å². The lowest BCUT2D eigenvalue weighted by atomic mass is 10.1. The molecule has 1 aromatic heterocycles. The van der Waals surface area contributed by atoms with Crippen LogP contribution in [0.25, 0.3) is 0 Å². The zero-order valence-electron chi connectivity index (χ0n) is 15.9. The van der Waals surface area contributed by atoms with Gasteiger partial charge in [0.25, 0.3) is 0 Å². The Kier molecular flexibility index (Phi) is 6.07. The number of anilines is 2. The first kappa shape index (κ1) is 18.8. The van der Waals surface area contributed by atoms with Gasteiger partial charge in [0.15, 0.2) is 11.5 Å². The summed E-state index contributed by atoms with van der Waals surface area (Å²) in [6.07, 6.45) is 0.853. The van der Waals surface area contributed by atoms with Crippen molar-refractivity contribution in [3.63, 3.8) is 0 Å². The third kappa shape index (κ3) is 5.81. The second-order valence-electron chi connectivity index (χ2n) is 6.93. The summed E-state index contributed by atoms with van der Waals surface area (Å²) >= 11 is 0. The fourth-order valence-electron chi connectivity index (χ4n) is 2.48. The molecule has 2 rings (SSSR count). The average Bonchev–Trinajstić information content (AvgIpc) is 2.52. The van der Waals surface area contributed by atoms with E-state index in [-0.39, 0.29) is 5.54 Å². The number of aryl methyl sites for hydroxylation is 1. The van der Waals surface area contributed by atoms with Crippen molar-refractivity contribution in [2.24, 2.45) is 0 Å². The number of rotatable bonds is 7. The highest BCUT2D eigenvalue weighted by Gasteiger charge is 2.11. The van der Waals surface area contributed by atoms with E-state index in [0.29, 0.717) is 0 Å². The van der Waals surface area contributed by atoms with Gasteiger partial charge in [0, 0.05) is 18.2 Å². The van der Waals surface area contributed by atoms with Gasteiger partial charge in [-0.1, -0.05) is 6.07 Å². The Morgan fingerprint density at radius 1 is 0.960 bits per heavy atom. The summed E-state index contributed by atoms with van der Waals surface area (Å²) in [4.78, 5) is 8.88. The summed E-state index contributed by atoms with van der Waals surface area (Å²) in [6, 6.07) is 7.90. The van der Waals surface area contributed by atoms with Crippen molar-refractivity contribution < 1.29 is 9.47 Å². The number of methoxy groups -OCH3 is 2. The Hall–Kier alpha value is -2.50. The zero-order valence-corrected chi connectivity index (χ0v) is 15.9. The Morgan fingerprint density at radius 2 is 1.64 bits per heavy atom. The van der Waals surface area contributed by atoms with Crippen molar-refractivity contribution in [2.45, 2.75) is 39.7 Å². The molecule has 1 heterocycles. The number of ether oxygens (including phenoxy) is 2. The van der Waals surface area contributed by atoms with Crippen molar-refractivity contribution in [1.82, 2.24) is 9.97 Å². The third-order valence-electron chi connectivity index (χ3n) is 3.51. The van der Waals surface area contributed by atoms with Gasteiger partial charge in [-0.15, -0.1) is 0 Å². The summed E-state index contributed by atoms with van der Waals surface area (Å²) in [5.41, 5.74) is 1.13. The summed E-state index contributed by atoms with van der Waals surface area (Å²) in [5.74, 6) is 3.87. The Balaban J connectivity index is 2.00. The molecular formula is C19H28N4O2. The molecule has 1 aromatic carbocycles. The van der Waals surface area contributed by atoms with Crippen LogP contribution in [0.4, 0.5) is 11.6 Å². The summed E-state index contributed by atoms with van der Waals surface area (Å²) in [5, 5.41) is 6.74. The third-order valence-corrected chi connectivity index (χ3v) is 3.51. The van der Waals surface area contributed by atoms with Crippen LogP contribution in [0.2, 0.25) is 0 Å². The highest BCUT2D eigenvalue weighted by molar-refractivity contribution is 5.49. The summed E-state index contributed by atoms with van der Waals surface area (Å²) in [7, 11) is 3.28. The predicted molar refractivity (Wildman–Crippen MR) is 102 cm³/mol. The minimum absolute atomic E-state index is 0.0439. The first-order valence-corrected chi connectivity index (χ1v) is 8.39. The van der Waals surface area contributed by atoms with Crippen LogP contribution >= 0.6 is 0 Å². The smallest absolute Gasteiger partial charge is 0.160 e. The van der Waals surface area contributed by atoms with E-state index < -0.39 is 0 Å². The molecule has 136 valence electrons. The molecule has 0 saturated heterocycles. The zero-order chi connectivity index (χ0) is 18.4. The average molecular weight is 344 g/mol. The maximum absolute atomic E-state index is 5.35. The Bertz CT molecular complexity index is 711.